The minimum absolute atomic E-state index is 0.0534. The van der Waals surface area contributed by atoms with E-state index >= 15 is 0 Å². The molecule has 0 bridgehead atoms. The topological polar surface area (TPSA) is 46.5 Å². The Hall–Kier alpha value is -1.09. The van der Waals surface area contributed by atoms with Crippen molar-refractivity contribution in [3.63, 3.8) is 0 Å². The van der Waals surface area contributed by atoms with Crippen molar-refractivity contribution in [2.24, 2.45) is 5.92 Å². The quantitative estimate of drug-likeness (QED) is 0.335. The van der Waals surface area contributed by atoms with Crippen LogP contribution in [0.15, 0.2) is 23.8 Å². The molecule has 0 amide bonds. The van der Waals surface area contributed by atoms with Gasteiger partial charge >= 0.3 is 5.97 Å². The number of cyclic esters (lactones) is 1. The third-order valence-electron chi connectivity index (χ3n) is 4.28. The smallest absolute Gasteiger partial charge is 0.333 e. The van der Waals surface area contributed by atoms with Crippen molar-refractivity contribution in [1.82, 2.24) is 0 Å². The largest absolute Gasteiger partial charge is 0.462 e. The number of aliphatic hydroxyl groups is 1. The van der Waals surface area contributed by atoms with Gasteiger partial charge in [-0.05, 0) is 38.5 Å². The Balaban J connectivity index is 0.000000414. The molecule has 1 heterocycles. The van der Waals surface area contributed by atoms with Gasteiger partial charge in [-0.2, -0.15) is 0 Å². The van der Waals surface area contributed by atoms with Crippen LogP contribution in [0.1, 0.15) is 79.1 Å². The molecule has 0 aromatic rings. The number of rotatable bonds is 4. The molecule has 2 aliphatic rings. The molecule has 23 heavy (non-hydrogen) atoms. The van der Waals surface area contributed by atoms with E-state index in [0.717, 1.165) is 31.3 Å². The van der Waals surface area contributed by atoms with E-state index in [1.807, 2.05) is 20.8 Å². The van der Waals surface area contributed by atoms with Crippen molar-refractivity contribution in [1.29, 1.82) is 0 Å². The second-order valence-electron chi connectivity index (χ2n) is 6.02. The molecule has 1 saturated heterocycles. The minimum atomic E-state index is -0.146. The van der Waals surface area contributed by atoms with E-state index in [9.17, 15) is 9.90 Å². The minimum Gasteiger partial charge on any atom is -0.462 e. The monoisotopic (exact) mass is 324 g/mol. The molecule has 2 rings (SSSR count). The van der Waals surface area contributed by atoms with Gasteiger partial charge in [-0.15, -0.1) is 0 Å². The Kier molecular flexibility index (Phi) is 12.7. The zero-order valence-corrected chi connectivity index (χ0v) is 15.6. The normalized spacial score (nSPS) is 25.2. The fourth-order valence-corrected chi connectivity index (χ4v) is 2.86. The lowest BCUT2D eigenvalue weighted by Gasteiger charge is -2.29. The molecule has 1 saturated carbocycles. The van der Waals surface area contributed by atoms with Gasteiger partial charge in [0, 0.05) is 12.0 Å². The maximum absolute atomic E-state index is 10.5. The van der Waals surface area contributed by atoms with Crippen molar-refractivity contribution >= 4 is 5.97 Å². The first-order valence-corrected chi connectivity index (χ1v) is 9.25. The van der Waals surface area contributed by atoms with Crippen LogP contribution in [0.25, 0.3) is 0 Å². The summed E-state index contributed by atoms with van der Waals surface area (Å²) in [6.45, 7) is 12.7. The summed E-state index contributed by atoms with van der Waals surface area (Å²) in [5.74, 6) is 0.361. The van der Waals surface area contributed by atoms with Crippen LogP contribution in [0.4, 0.5) is 0 Å². The number of esters is 1. The van der Waals surface area contributed by atoms with Crippen molar-refractivity contribution < 1.29 is 14.6 Å². The summed E-state index contributed by atoms with van der Waals surface area (Å²) in [6.07, 6.45) is 10.6. The Morgan fingerprint density at radius 2 is 2.00 bits per heavy atom. The molecule has 2 atom stereocenters. The molecule has 1 aliphatic heterocycles. The highest BCUT2D eigenvalue weighted by atomic mass is 16.5. The molecule has 0 radical (unpaired) electrons. The first kappa shape index (κ1) is 21.9. The first-order valence-electron chi connectivity index (χ1n) is 9.25. The SMILES string of the molecule is C/C=C1\CCOC1=O.C=C1CCC(O)C(CCCCC)C1.CC. The van der Waals surface area contributed by atoms with Gasteiger partial charge in [0.2, 0.25) is 0 Å². The van der Waals surface area contributed by atoms with Crippen LogP contribution in [0.3, 0.4) is 0 Å². The molecule has 0 spiro atoms. The van der Waals surface area contributed by atoms with E-state index in [2.05, 4.69) is 18.2 Å². The zero-order chi connectivity index (χ0) is 17.7. The number of hydrogen-bond acceptors (Lipinski definition) is 3. The van der Waals surface area contributed by atoms with Gasteiger partial charge in [0.25, 0.3) is 0 Å². The van der Waals surface area contributed by atoms with Gasteiger partial charge in [-0.3, -0.25) is 0 Å². The third kappa shape index (κ3) is 8.95. The number of unbranched alkanes of at least 4 members (excludes halogenated alkanes) is 2. The average molecular weight is 325 g/mol. The predicted molar refractivity (Wildman–Crippen MR) is 97.3 cm³/mol. The number of carbonyl (C=O) groups excluding carboxylic acids is 1. The van der Waals surface area contributed by atoms with Gasteiger partial charge in [-0.25, -0.2) is 4.79 Å². The van der Waals surface area contributed by atoms with Crippen LogP contribution in [-0.2, 0) is 9.53 Å². The lowest BCUT2D eigenvalue weighted by atomic mass is 9.81. The molecule has 3 heteroatoms. The Labute approximate surface area is 142 Å². The van der Waals surface area contributed by atoms with E-state index in [1.165, 1.54) is 31.3 Å². The molecule has 0 aromatic carbocycles. The van der Waals surface area contributed by atoms with Crippen LogP contribution >= 0.6 is 0 Å². The van der Waals surface area contributed by atoms with Crippen molar-refractivity contribution in [3.8, 4) is 0 Å². The van der Waals surface area contributed by atoms with Crippen molar-refractivity contribution in [2.45, 2.75) is 85.2 Å². The van der Waals surface area contributed by atoms with E-state index in [1.54, 1.807) is 6.08 Å². The Morgan fingerprint density at radius 3 is 2.48 bits per heavy atom. The number of allylic oxidation sites excluding steroid dienone is 2. The van der Waals surface area contributed by atoms with E-state index in [4.69, 9.17) is 0 Å². The maximum Gasteiger partial charge on any atom is 0.333 e. The van der Waals surface area contributed by atoms with Crippen molar-refractivity contribution in [3.05, 3.63) is 23.8 Å². The summed E-state index contributed by atoms with van der Waals surface area (Å²) in [6, 6.07) is 0. The molecule has 134 valence electrons. The Morgan fingerprint density at radius 1 is 1.30 bits per heavy atom. The highest BCUT2D eigenvalue weighted by Gasteiger charge is 2.23. The highest BCUT2D eigenvalue weighted by molar-refractivity contribution is 5.90. The van der Waals surface area contributed by atoms with Crippen LogP contribution in [0.2, 0.25) is 0 Å². The standard InChI is InChI=1S/C12H22O.C6H8O2.C2H6/c1-3-4-5-6-11-9-10(2)7-8-12(11)13;1-2-5-3-4-8-6(5)7;1-2/h11-13H,2-9H2,1H3;2H,3-4H2,1H3;1-2H3/b;5-2+;. The lowest BCUT2D eigenvalue weighted by Crippen LogP contribution is -2.25. The maximum atomic E-state index is 10.5. The predicted octanol–water partition coefficient (Wildman–Crippen LogP) is 5.19. The molecule has 2 fully saturated rings. The van der Waals surface area contributed by atoms with Gasteiger partial charge in [0.1, 0.15) is 0 Å². The van der Waals surface area contributed by atoms with Crippen molar-refractivity contribution in [2.75, 3.05) is 6.61 Å². The van der Waals surface area contributed by atoms with Crippen LogP contribution in [-0.4, -0.2) is 23.8 Å². The zero-order valence-electron chi connectivity index (χ0n) is 15.6. The van der Waals surface area contributed by atoms with Crippen LogP contribution < -0.4 is 0 Å². The summed E-state index contributed by atoms with van der Waals surface area (Å²) in [7, 11) is 0. The van der Waals surface area contributed by atoms with Gasteiger partial charge in [-0.1, -0.05) is 58.3 Å². The summed E-state index contributed by atoms with van der Waals surface area (Å²) < 4.78 is 4.65. The number of hydrogen-bond donors (Lipinski definition) is 1. The number of carbonyl (C=O) groups is 1. The second kappa shape index (κ2) is 13.4. The molecule has 3 nitrogen and oxygen atoms in total. The third-order valence-corrected chi connectivity index (χ3v) is 4.28. The van der Waals surface area contributed by atoms with Crippen LogP contribution in [0.5, 0.6) is 0 Å². The molecule has 2 unspecified atom stereocenters. The van der Waals surface area contributed by atoms with Gasteiger partial charge in [0.15, 0.2) is 0 Å². The summed E-state index contributed by atoms with van der Waals surface area (Å²) in [5.41, 5.74) is 2.15. The summed E-state index contributed by atoms with van der Waals surface area (Å²) in [4.78, 5) is 10.5. The van der Waals surface area contributed by atoms with Gasteiger partial charge < -0.3 is 9.84 Å². The fourth-order valence-electron chi connectivity index (χ4n) is 2.86. The summed E-state index contributed by atoms with van der Waals surface area (Å²) >= 11 is 0. The molecule has 1 N–H and O–H groups in total. The van der Waals surface area contributed by atoms with Gasteiger partial charge in [0.05, 0.1) is 12.7 Å². The molecular weight excluding hydrogens is 288 g/mol. The molecule has 1 aliphatic carbocycles. The highest BCUT2D eigenvalue weighted by Crippen LogP contribution is 2.31. The number of aliphatic hydroxyl groups excluding tert-OH is 1. The second-order valence-corrected chi connectivity index (χ2v) is 6.02. The number of ether oxygens (including phenoxy) is 1. The van der Waals surface area contributed by atoms with E-state index in [-0.39, 0.29) is 12.1 Å². The lowest BCUT2D eigenvalue weighted by molar-refractivity contribution is -0.135. The van der Waals surface area contributed by atoms with Crippen LogP contribution in [0, 0.1) is 5.92 Å². The van der Waals surface area contributed by atoms with E-state index in [0.29, 0.717) is 12.5 Å². The first-order chi connectivity index (χ1) is 11.1. The molecular formula is C20H36O3. The Bertz CT molecular complexity index is 371. The van der Waals surface area contributed by atoms with E-state index < -0.39 is 0 Å². The average Bonchev–Trinajstić information content (AvgIpc) is 2.99. The molecule has 0 aromatic heterocycles. The summed E-state index contributed by atoms with van der Waals surface area (Å²) in [5, 5.41) is 9.74. The fraction of sp³-hybridized carbons (Fsp3) is 0.750.